The summed E-state index contributed by atoms with van der Waals surface area (Å²) in [5.74, 6) is -2.07. The second kappa shape index (κ2) is 12.3. The van der Waals surface area contributed by atoms with E-state index in [0.717, 1.165) is 16.0 Å². The van der Waals surface area contributed by atoms with Crippen LogP contribution in [0.2, 0.25) is 0 Å². The summed E-state index contributed by atoms with van der Waals surface area (Å²) in [5, 5.41) is 0. The Morgan fingerprint density at radius 1 is 0.775 bits per heavy atom. The fraction of sp³-hybridized carbons (Fsp3) is 0.0645. The van der Waals surface area contributed by atoms with Gasteiger partial charge in [-0.15, -0.1) is 0 Å². The molecule has 1 aliphatic rings. The van der Waals surface area contributed by atoms with Crippen LogP contribution in [-0.4, -0.2) is 36.8 Å². The molecule has 0 spiro atoms. The quantitative estimate of drug-likeness (QED) is 0.170. The molecule has 4 rings (SSSR count). The Bertz CT molecular complexity index is 1510. The van der Waals surface area contributed by atoms with Gasteiger partial charge in [0.1, 0.15) is 11.5 Å². The lowest BCUT2D eigenvalue weighted by Crippen LogP contribution is -2.29. The van der Waals surface area contributed by atoms with E-state index in [-0.39, 0.29) is 29.6 Å². The number of imide groups is 1. The van der Waals surface area contributed by atoms with Gasteiger partial charge < -0.3 is 14.2 Å². The van der Waals surface area contributed by atoms with Gasteiger partial charge in [-0.25, -0.2) is 14.5 Å². The van der Waals surface area contributed by atoms with Crippen LogP contribution in [-0.2, 0) is 28.7 Å². The molecule has 200 valence electrons. The molecule has 1 aliphatic heterocycles. The highest BCUT2D eigenvalue weighted by atomic mass is 16.5. The Hall–Kier alpha value is -5.57. The number of methoxy groups -OCH3 is 1. The number of carbonyl (C=O) groups excluding carboxylic acids is 5. The maximum atomic E-state index is 12.3. The maximum absolute atomic E-state index is 12.3. The van der Waals surface area contributed by atoms with Gasteiger partial charge in [0.05, 0.1) is 19.2 Å². The molecule has 3 aromatic rings. The lowest BCUT2D eigenvalue weighted by atomic mass is 10.1. The average molecular weight is 538 g/mol. The van der Waals surface area contributed by atoms with Gasteiger partial charge in [-0.05, 0) is 59.2 Å². The van der Waals surface area contributed by atoms with E-state index in [4.69, 9.17) is 9.47 Å². The number of hydrogen-bond acceptors (Lipinski definition) is 8. The zero-order valence-corrected chi connectivity index (χ0v) is 21.4. The van der Waals surface area contributed by atoms with E-state index in [1.165, 1.54) is 37.5 Å². The summed E-state index contributed by atoms with van der Waals surface area (Å²) in [6.45, 7) is 3.52. The number of carbonyl (C=O) groups is 5. The van der Waals surface area contributed by atoms with E-state index >= 15 is 0 Å². The lowest BCUT2D eigenvalue weighted by Gasteiger charge is -2.14. The topological polar surface area (TPSA) is 116 Å². The highest BCUT2D eigenvalue weighted by Crippen LogP contribution is 2.26. The fourth-order valence-electron chi connectivity index (χ4n) is 3.63. The number of ether oxygens (including phenoxy) is 3. The van der Waals surface area contributed by atoms with E-state index < -0.39 is 17.9 Å². The average Bonchev–Trinajstić information content (AvgIpc) is 3.30. The van der Waals surface area contributed by atoms with Gasteiger partial charge in [-0.2, -0.15) is 0 Å². The number of amides is 2. The molecule has 1 heterocycles. The molecular formula is C31H23NO8. The molecule has 9 heteroatoms. The van der Waals surface area contributed by atoms with Crippen molar-refractivity contribution in [3.8, 4) is 22.6 Å². The first kappa shape index (κ1) is 27.5. The van der Waals surface area contributed by atoms with Crippen LogP contribution in [0.4, 0.5) is 5.69 Å². The minimum absolute atomic E-state index is 0.0322. The molecule has 0 bridgehead atoms. The molecule has 0 saturated heterocycles. The van der Waals surface area contributed by atoms with E-state index in [9.17, 15) is 24.0 Å². The van der Waals surface area contributed by atoms with Crippen LogP contribution in [0.15, 0.2) is 103 Å². The summed E-state index contributed by atoms with van der Waals surface area (Å²) in [4.78, 5) is 60.3. The van der Waals surface area contributed by atoms with Crippen molar-refractivity contribution in [3.05, 3.63) is 109 Å². The Labute approximate surface area is 229 Å². The van der Waals surface area contributed by atoms with Gasteiger partial charge in [-0.3, -0.25) is 14.4 Å². The summed E-state index contributed by atoms with van der Waals surface area (Å²) >= 11 is 0. The molecule has 0 aromatic heterocycles. The largest absolute Gasteiger partial charge is 0.469 e. The van der Waals surface area contributed by atoms with Crippen LogP contribution in [0.3, 0.4) is 0 Å². The second-order valence-corrected chi connectivity index (χ2v) is 8.49. The first-order valence-corrected chi connectivity index (χ1v) is 12.0. The Kier molecular flexibility index (Phi) is 8.46. The molecule has 0 N–H and O–H groups in total. The van der Waals surface area contributed by atoms with Gasteiger partial charge >= 0.3 is 17.9 Å². The highest BCUT2D eigenvalue weighted by Gasteiger charge is 2.24. The van der Waals surface area contributed by atoms with Crippen molar-refractivity contribution in [1.29, 1.82) is 0 Å². The van der Waals surface area contributed by atoms with Crippen molar-refractivity contribution in [2.24, 2.45) is 0 Å². The zero-order valence-electron chi connectivity index (χ0n) is 21.4. The Balaban J connectivity index is 1.29. The molecule has 0 atom stereocenters. The Morgan fingerprint density at radius 3 is 1.88 bits per heavy atom. The van der Waals surface area contributed by atoms with Crippen LogP contribution in [0.25, 0.3) is 17.2 Å². The van der Waals surface area contributed by atoms with Gasteiger partial charge in [0.15, 0.2) is 0 Å². The van der Waals surface area contributed by atoms with Gasteiger partial charge in [-0.1, -0.05) is 43.0 Å². The van der Waals surface area contributed by atoms with Gasteiger partial charge in [0, 0.05) is 23.8 Å². The van der Waals surface area contributed by atoms with Crippen molar-refractivity contribution in [2.75, 3.05) is 12.0 Å². The minimum Gasteiger partial charge on any atom is -0.469 e. The van der Waals surface area contributed by atoms with Crippen LogP contribution < -0.4 is 14.4 Å². The summed E-state index contributed by atoms with van der Waals surface area (Å²) in [6.07, 6.45) is 5.01. The third-order valence-electron chi connectivity index (χ3n) is 5.72. The van der Waals surface area contributed by atoms with E-state index in [1.54, 1.807) is 66.7 Å². The second-order valence-electron chi connectivity index (χ2n) is 8.49. The normalized spacial score (nSPS) is 12.5. The van der Waals surface area contributed by atoms with E-state index in [0.29, 0.717) is 17.0 Å². The molecule has 0 radical (unpaired) electrons. The van der Waals surface area contributed by atoms with Crippen molar-refractivity contribution in [1.82, 2.24) is 0 Å². The van der Waals surface area contributed by atoms with Crippen LogP contribution in [0.1, 0.15) is 12.0 Å². The number of benzene rings is 3. The molecule has 40 heavy (non-hydrogen) atoms. The number of anilines is 1. The smallest absolute Gasteiger partial charge is 0.339 e. The summed E-state index contributed by atoms with van der Waals surface area (Å²) in [6, 6.07) is 20.2. The number of rotatable bonds is 9. The maximum Gasteiger partial charge on any atom is 0.339 e. The number of hydrogen-bond donors (Lipinski definition) is 0. The molecule has 0 unspecified atom stereocenters. The van der Waals surface area contributed by atoms with Crippen LogP contribution in [0, 0.1) is 0 Å². The van der Waals surface area contributed by atoms with Crippen LogP contribution in [0.5, 0.6) is 11.5 Å². The predicted molar refractivity (Wildman–Crippen MR) is 146 cm³/mol. The van der Waals surface area contributed by atoms with Crippen molar-refractivity contribution < 1.29 is 38.2 Å². The minimum atomic E-state index is -0.743. The first-order valence-electron chi connectivity index (χ1n) is 12.0. The fourth-order valence-corrected chi connectivity index (χ4v) is 3.63. The molecule has 3 aromatic carbocycles. The monoisotopic (exact) mass is 537 g/mol. The highest BCUT2D eigenvalue weighted by molar-refractivity contribution is 6.28. The van der Waals surface area contributed by atoms with E-state index in [2.05, 4.69) is 11.3 Å². The number of nitrogens with zero attached hydrogens (tertiary/aromatic N) is 1. The van der Waals surface area contributed by atoms with E-state index in [1.807, 2.05) is 0 Å². The van der Waals surface area contributed by atoms with Gasteiger partial charge in [0.2, 0.25) is 0 Å². The zero-order chi connectivity index (χ0) is 28.6. The molecule has 0 saturated carbocycles. The first-order chi connectivity index (χ1) is 19.2. The third-order valence-corrected chi connectivity index (χ3v) is 5.72. The van der Waals surface area contributed by atoms with Crippen LogP contribution >= 0.6 is 0 Å². The lowest BCUT2D eigenvalue weighted by molar-refractivity contribution is -0.141. The van der Waals surface area contributed by atoms with Gasteiger partial charge in [0.25, 0.3) is 11.8 Å². The summed E-state index contributed by atoms with van der Waals surface area (Å²) < 4.78 is 15.0. The summed E-state index contributed by atoms with van der Waals surface area (Å²) in [7, 11) is 1.21. The van der Waals surface area contributed by atoms with Crippen molar-refractivity contribution in [3.63, 3.8) is 0 Å². The Morgan fingerprint density at radius 2 is 1.30 bits per heavy atom. The van der Waals surface area contributed by atoms with Crippen molar-refractivity contribution in [2.45, 2.75) is 6.42 Å². The predicted octanol–water partition coefficient (Wildman–Crippen LogP) is 4.43. The van der Waals surface area contributed by atoms with Crippen molar-refractivity contribution >= 4 is 41.5 Å². The third kappa shape index (κ3) is 6.84. The summed E-state index contributed by atoms with van der Waals surface area (Å²) in [5.41, 5.74) is 2.83. The molecule has 0 fully saturated rings. The standard InChI is InChI=1S/C31H23NO8/c1-20(19-30(36)38-2)31(37)40-26-12-3-21(4-13-26)5-18-29(35)39-25-14-8-23(9-15-25)22-6-10-24(11-7-22)32-27(33)16-17-28(32)34/h3-18H,1,19H2,2H3/b18-5+. The molecule has 0 aliphatic carbocycles. The number of esters is 3. The SMILES string of the molecule is C=C(CC(=O)OC)C(=O)Oc1ccc(/C=C/C(=O)Oc2ccc(-c3ccc(N4C(=O)C=CC4=O)cc3)cc2)cc1. The molecule has 2 amide bonds. The molecular weight excluding hydrogens is 514 g/mol. The molecule has 9 nitrogen and oxygen atoms in total.